The van der Waals surface area contributed by atoms with Gasteiger partial charge in [0.25, 0.3) is 5.91 Å². The Morgan fingerprint density at radius 1 is 1.22 bits per heavy atom. The molecule has 7 heteroatoms. The van der Waals surface area contributed by atoms with Gasteiger partial charge in [-0.15, -0.1) is 0 Å². The van der Waals surface area contributed by atoms with Crippen molar-refractivity contribution in [3.05, 3.63) is 17.0 Å². The van der Waals surface area contributed by atoms with Crippen molar-refractivity contribution in [1.82, 2.24) is 20.3 Å². The Morgan fingerprint density at radius 2 is 1.87 bits per heavy atom. The highest BCUT2D eigenvalue weighted by atomic mass is 16.5. The van der Waals surface area contributed by atoms with Crippen molar-refractivity contribution in [3.8, 4) is 0 Å². The minimum absolute atomic E-state index is 0.0315. The average Bonchev–Trinajstić information content (AvgIpc) is 3.30. The topological polar surface area (TPSA) is 78.7 Å². The lowest BCUT2D eigenvalue weighted by Gasteiger charge is -2.37. The maximum atomic E-state index is 12.6. The molecule has 1 aliphatic carbocycles. The van der Waals surface area contributed by atoms with Crippen LogP contribution in [0.1, 0.15) is 41.6 Å². The predicted octanol–water partition coefficient (Wildman–Crippen LogP) is 0.716. The number of aromatic nitrogens is 1. The Labute approximate surface area is 136 Å². The molecule has 2 fully saturated rings. The fourth-order valence-electron chi connectivity index (χ4n) is 2.97. The third kappa shape index (κ3) is 3.39. The van der Waals surface area contributed by atoms with E-state index in [1.54, 1.807) is 13.8 Å². The minimum Gasteiger partial charge on any atom is -0.361 e. The molecular formula is C16H24N4O3. The number of carbonyl (C=O) groups excluding carboxylic acids is 2. The molecule has 0 radical (unpaired) electrons. The molecule has 1 unspecified atom stereocenters. The molecule has 1 aromatic heterocycles. The van der Waals surface area contributed by atoms with E-state index in [-0.39, 0.29) is 17.9 Å². The molecule has 1 aliphatic heterocycles. The van der Waals surface area contributed by atoms with Crippen LogP contribution in [0.25, 0.3) is 0 Å². The van der Waals surface area contributed by atoms with Gasteiger partial charge in [0, 0.05) is 32.2 Å². The fraction of sp³-hybridized carbons (Fsp3) is 0.688. The van der Waals surface area contributed by atoms with E-state index >= 15 is 0 Å². The molecule has 0 bridgehead atoms. The van der Waals surface area contributed by atoms with Gasteiger partial charge < -0.3 is 14.7 Å². The van der Waals surface area contributed by atoms with E-state index in [1.807, 2.05) is 11.8 Å². The molecule has 2 aliphatic rings. The second-order valence-corrected chi connectivity index (χ2v) is 6.49. The van der Waals surface area contributed by atoms with E-state index in [0.29, 0.717) is 49.2 Å². The Bertz CT molecular complexity index is 581. The number of nitrogens with one attached hydrogen (secondary N) is 1. The lowest BCUT2D eigenvalue weighted by molar-refractivity contribution is -0.126. The Balaban J connectivity index is 1.55. The molecule has 3 rings (SSSR count). The van der Waals surface area contributed by atoms with Gasteiger partial charge in [-0.25, -0.2) is 0 Å². The quantitative estimate of drug-likeness (QED) is 0.884. The summed E-state index contributed by atoms with van der Waals surface area (Å²) in [5.41, 5.74) is 1.20. The van der Waals surface area contributed by atoms with E-state index in [0.717, 1.165) is 12.8 Å². The number of nitrogens with zero attached hydrogens (tertiary/aromatic N) is 3. The summed E-state index contributed by atoms with van der Waals surface area (Å²) >= 11 is 0. The largest absolute Gasteiger partial charge is 0.361 e. The van der Waals surface area contributed by atoms with Crippen molar-refractivity contribution < 1.29 is 14.1 Å². The molecule has 2 amide bonds. The van der Waals surface area contributed by atoms with Crippen molar-refractivity contribution >= 4 is 11.8 Å². The van der Waals surface area contributed by atoms with Crippen LogP contribution in [0.3, 0.4) is 0 Å². The summed E-state index contributed by atoms with van der Waals surface area (Å²) < 4.78 is 5.08. The van der Waals surface area contributed by atoms with E-state index < -0.39 is 0 Å². The molecule has 7 nitrogen and oxygen atoms in total. The molecular weight excluding hydrogens is 296 g/mol. The van der Waals surface area contributed by atoms with Crippen LogP contribution in [0.2, 0.25) is 0 Å². The van der Waals surface area contributed by atoms with Crippen molar-refractivity contribution in [1.29, 1.82) is 0 Å². The first-order valence-corrected chi connectivity index (χ1v) is 8.24. The monoisotopic (exact) mass is 320 g/mol. The van der Waals surface area contributed by atoms with Crippen molar-refractivity contribution in [3.63, 3.8) is 0 Å². The highest BCUT2D eigenvalue weighted by Crippen LogP contribution is 2.20. The number of hydrogen-bond acceptors (Lipinski definition) is 5. The summed E-state index contributed by atoms with van der Waals surface area (Å²) in [4.78, 5) is 28.7. The van der Waals surface area contributed by atoms with Crippen molar-refractivity contribution in [2.75, 3.05) is 26.2 Å². The maximum absolute atomic E-state index is 12.6. The van der Waals surface area contributed by atoms with E-state index in [1.165, 1.54) is 0 Å². The third-order valence-electron chi connectivity index (χ3n) is 4.70. The van der Waals surface area contributed by atoms with Crippen LogP contribution in [-0.2, 0) is 4.79 Å². The van der Waals surface area contributed by atoms with Gasteiger partial charge in [0.05, 0.1) is 11.7 Å². The second kappa shape index (κ2) is 6.31. The third-order valence-corrected chi connectivity index (χ3v) is 4.70. The molecule has 2 heterocycles. The summed E-state index contributed by atoms with van der Waals surface area (Å²) in [6.07, 6.45) is 2.19. The molecule has 1 aromatic rings. The van der Waals surface area contributed by atoms with E-state index in [4.69, 9.17) is 4.52 Å². The second-order valence-electron chi connectivity index (χ2n) is 6.49. The number of hydrogen-bond donors (Lipinski definition) is 1. The standard InChI is InChI=1S/C16H24N4O3/c1-10-14(12(3)23-18-10)16(22)20-8-6-19(7-9-20)11(2)15(21)17-13-4-5-13/h11,13H,4-9H2,1-3H3,(H,17,21). The lowest BCUT2D eigenvalue weighted by Crippen LogP contribution is -2.55. The number of piperazine rings is 1. The number of aryl methyl sites for hydroxylation is 2. The highest BCUT2D eigenvalue weighted by Gasteiger charge is 2.32. The molecule has 0 aromatic carbocycles. The summed E-state index contributed by atoms with van der Waals surface area (Å²) in [6, 6.07) is 0.235. The lowest BCUT2D eigenvalue weighted by atomic mass is 10.1. The zero-order valence-electron chi connectivity index (χ0n) is 14.0. The summed E-state index contributed by atoms with van der Waals surface area (Å²) in [5, 5.41) is 6.89. The molecule has 1 N–H and O–H groups in total. The molecule has 0 spiro atoms. The zero-order chi connectivity index (χ0) is 16.6. The summed E-state index contributed by atoms with van der Waals surface area (Å²) in [5.74, 6) is 0.626. The minimum atomic E-state index is -0.146. The van der Waals surface area contributed by atoms with E-state index in [9.17, 15) is 9.59 Å². The van der Waals surface area contributed by atoms with Gasteiger partial charge in [0.15, 0.2) is 0 Å². The Kier molecular flexibility index (Phi) is 4.39. The smallest absolute Gasteiger partial charge is 0.259 e. The molecule has 1 saturated carbocycles. The average molecular weight is 320 g/mol. The van der Waals surface area contributed by atoms with Gasteiger partial charge in [-0.05, 0) is 33.6 Å². The van der Waals surface area contributed by atoms with Crippen LogP contribution < -0.4 is 5.32 Å². The molecule has 1 saturated heterocycles. The van der Waals surface area contributed by atoms with E-state index in [2.05, 4.69) is 15.4 Å². The van der Waals surface area contributed by atoms with Crippen LogP contribution >= 0.6 is 0 Å². The van der Waals surface area contributed by atoms with Gasteiger partial charge in [-0.1, -0.05) is 5.16 Å². The first kappa shape index (κ1) is 16.0. The summed E-state index contributed by atoms with van der Waals surface area (Å²) in [7, 11) is 0. The molecule has 126 valence electrons. The van der Waals surface area contributed by atoms with Gasteiger partial charge in [-0.3, -0.25) is 14.5 Å². The van der Waals surface area contributed by atoms with Gasteiger partial charge in [0.1, 0.15) is 11.3 Å². The van der Waals surface area contributed by atoms with Crippen molar-refractivity contribution in [2.24, 2.45) is 0 Å². The first-order valence-electron chi connectivity index (χ1n) is 8.24. The van der Waals surface area contributed by atoms with Crippen LogP contribution in [-0.4, -0.2) is 65.0 Å². The number of carbonyl (C=O) groups is 2. The van der Waals surface area contributed by atoms with Crippen LogP contribution in [0, 0.1) is 13.8 Å². The number of amides is 2. The van der Waals surface area contributed by atoms with Crippen molar-refractivity contribution in [2.45, 2.75) is 45.7 Å². The van der Waals surface area contributed by atoms with Gasteiger partial charge >= 0.3 is 0 Å². The van der Waals surface area contributed by atoms with Crippen LogP contribution in [0.15, 0.2) is 4.52 Å². The first-order chi connectivity index (χ1) is 11.0. The normalized spacial score (nSPS) is 20.4. The van der Waals surface area contributed by atoms with Gasteiger partial charge in [-0.2, -0.15) is 0 Å². The Morgan fingerprint density at radius 3 is 2.39 bits per heavy atom. The maximum Gasteiger partial charge on any atom is 0.259 e. The highest BCUT2D eigenvalue weighted by molar-refractivity contribution is 5.96. The molecule has 23 heavy (non-hydrogen) atoms. The molecule has 1 atom stereocenters. The SMILES string of the molecule is Cc1noc(C)c1C(=O)N1CCN(C(C)C(=O)NC2CC2)CC1. The van der Waals surface area contributed by atoms with Gasteiger partial charge in [0.2, 0.25) is 5.91 Å². The van der Waals surface area contributed by atoms with Crippen LogP contribution in [0.4, 0.5) is 0 Å². The van der Waals surface area contributed by atoms with Crippen LogP contribution in [0.5, 0.6) is 0 Å². The fourth-order valence-corrected chi connectivity index (χ4v) is 2.97. The predicted molar refractivity (Wildman–Crippen MR) is 84.1 cm³/mol. The Hall–Kier alpha value is -1.89. The zero-order valence-corrected chi connectivity index (χ0v) is 14.0. The number of rotatable bonds is 4. The summed E-state index contributed by atoms with van der Waals surface area (Å²) in [6.45, 7) is 8.11.